The second-order valence-electron chi connectivity index (χ2n) is 4.03. The molecule has 0 bridgehead atoms. The van der Waals surface area contributed by atoms with E-state index in [0.717, 1.165) is 10.0 Å². The van der Waals surface area contributed by atoms with Crippen LogP contribution in [-0.2, 0) is 9.84 Å². The van der Waals surface area contributed by atoms with Crippen molar-refractivity contribution in [3.63, 3.8) is 0 Å². The van der Waals surface area contributed by atoms with Gasteiger partial charge in [-0.2, -0.15) is 11.3 Å². The zero-order valence-corrected chi connectivity index (χ0v) is 12.0. The summed E-state index contributed by atoms with van der Waals surface area (Å²) in [5, 5.41) is 3.77. The zero-order chi connectivity index (χ0) is 11.9. The van der Waals surface area contributed by atoms with Crippen LogP contribution in [0.5, 0.6) is 0 Å². The Hall–Kier alpha value is 0.0900. The van der Waals surface area contributed by atoms with Crippen LogP contribution in [0.25, 0.3) is 0 Å². The standard InChI is InChI=1S/C9H14BrNO2S2/c1-9(2,15(3,12)13)8(11)6-4-14-5-7(6)10/h4-5,8H,11H2,1-3H3. The number of rotatable bonds is 3. The van der Waals surface area contributed by atoms with Crippen LogP contribution in [0.15, 0.2) is 15.2 Å². The molecule has 6 heteroatoms. The van der Waals surface area contributed by atoms with Crippen molar-refractivity contribution in [1.29, 1.82) is 0 Å². The SMILES string of the molecule is CC(C)(C(N)c1cscc1Br)S(C)(=O)=O. The van der Waals surface area contributed by atoms with Crippen LogP contribution in [0, 0.1) is 0 Å². The van der Waals surface area contributed by atoms with E-state index >= 15 is 0 Å². The quantitative estimate of drug-likeness (QED) is 0.932. The molecule has 1 rings (SSSR count). The molecule has 0 fully saturated rings. The van der Waals surface area contributed by atoms with Crippen molar-refractivity contribution >= 4 is 37.1 Å². The van der Waals surface area contributed by atoms with Gasteiger partial charge in [0, 0.05) is 16.1 Å². The molecule has 86 valence electrons. The number of halogens is 1. The fourth-order valence-electron chi connectivity index (χ4n) is 1.12. The molecule has 0 aliphatic carbocycles. The summed E-state index contributed by atoms with van der Waals surface area (Å²) >= 11 is 4.86. The van der Waals surface area contributed by atoms with Crippen molar-refractivity contribution < 1.29 is 8.42 Å². The maximum atomic E-state index is 11.6. The molecule has 0 spiro atoms. The highest BCUT2D eigenvalue weighted by Crippen LogP contribution is 2.35. The lowest BCUT2D eigenvalue weighted by Gasteiger charge is -2.29. The van der Waals surface area contributed by atoms with E-state index in [1.807, 2.05) is 10.8 Å². The maximum absolute atomic E-state index is 11.6. The Morgan fingerprint density at radius 2 is 2.00 bits per heavy atom. The van der Waals surface area contributed by atoms with E-state index in [4.69, 9.17) is 5.73 Å². The van der Waals surface area contributed by atoms with Gasteiger partial charge in [-0.15, -0.1) is 0 Å². The summed E-state index contributed by atoms with van der Waals surface area (Å²) in [5.74, 6) is 0. The van der Waals surface area contributed by atoms with Gasteiger partial charge in [-0.25, -0.2) is 8.42 Å². The van der Waals surface area contributed by atoms with E-state index in [1.165, 1.54) is 17.6 Å². The second kappa shape index (κ2) is 4.16. The Labute approximate surface area is 103 Å². The van der Waals surface area contributed by atoms with Gasteiger partial charge in [0.15, 0.2) is 9.84 Å². The number of hydrogen-bond acceptors (Lipinski definition) is 4. The first-order chi connectivity index (χ1) is 6.68. The van der Waals surface area contributed by atoms with E-state index < -0.39 is 20.6 Å². The Morgan fingerprint density at radius 1 is 1.47 bits per heavy atom. The van der Waals surface area contributed by atoms with Crippen LogP contribution >= 0.6 is 27.3 Å². The summed E-state index contributed by atoms with van der Waals surface area (Å²) < 4.78 is 23.1. The van der Waals surface area contributed by atoms with Gasteiger partial charge < -0.3 is 5.73 Å². The van der Waals surface area contributed by atoms with Crippen LogP contribution in [0.3, 0.4) is 0 Å². The molecule has 1 atom stereocenters. The summed E-state index contributed by atoms with van der Waals surface area (Å²) in [6.07, 6.45) is 1.22. The molecular weight excluding hydrogens is 298 g/mol. The van der Waals surface area contributed by atoms with Crippen molar-refractivity contribution in [3.8, 4) is 0 Å². The number of nitrogens with two attached hydrogens (primary N) is 1. The third kappa shape index (κ3) is 2.43. The van der Waals surface area contributed by atoms with Crippen molar-refractivity contribution in [3.05, 3.63) is 20.8 Å². The topological polar surface area (TPSA) is 60.2 Å². The molecule has 1 heterocycles. The second-order valence-corrected chi connectivity index (χ2v) is 8.22. The van der Waals surface area contributed by atoms with Crippen LogP contribution in [0.1, 0.15) is 25.5 Å². The molecule has 0 radical (unpaired) electrons. The van der Waals surface area contributed by atoms with Crippen molar-refractivity contribution in [2.75, 3.05) is 6.26 Å². The lowest BCUT2D eigenvalue weighted by molar-refractivity contribution is 0.496. The van der Waals surface area contributed by atoms with E-state index in [1.54, 1.807) is 13.8 Å². The van der Waals surface area contributed by atoms with Gasteiger partial charge in [-0.3, -0.25) is 0 Å². The maximum Gasteiger partial charge on any atom is 0.154 e. The minimum Gasteiger partial charge on any atom is -0.323 e. The molecular formula is C9H14BrNO2S2. The third-order valence-corrected chi connectivity index (χ3v) is 6.60. The fourth-order valence-corrected chi connectivity index (χ4v) is 3.29. The molecule has 1 unspecified atom stereocenters. The van der Waals surface area contributed by atoms with Crippen molar-refractivity contribution in [2.24, 2.45) is 5.73 Å². The number of sulfone groups is 1. The largest absolute Gasteiger partial charge is 0.323 e. The summed E-state index contributed by atoms with van der Waals surface area (Å²) in [4.78, 5) is 0. The highest BCUT2D eigenvalue weighted by atomic mass is 79.9. The first-order valence-electron chi connectivity index (χ1n) is 4.34. The molecule has 0 saturated heterocycles. The summed E-state index contributed by atoms with van der Waals surface area (Å²) in [6, 6.07) is -0.520. The monoisotopic (exact) mass is 311 g/mol. The average molecular weight is 312 g/mol. The molecule has 0 aromatic carbocycles. The van der Waals surface area contributed by atoms with Gasteiger partial charge in [0.2, 0.25) is 0 Å². The third-order valence-electron chi connectivity index (χ3n) is 2.68. The van der Waals surface area contributed by atoms with Crippen LogP contribution in [0.2, 0.25) is 0 Å². The molecule has 15 heavy (non-hydrogen) atoms. The highest BCUT2D eigenvalue weighted by Gasteiger charge is 2.38. The normalized spacial score (nSPS) is 15.3. The molecule has 0 saturated carbocycles. The van der Waals surface area contributed by atoms with E-state index in [2.05, 4.69) is 15.9 Å². The average Bonchev–Trinajstić information content (AvgIpc) is 2.48. The van der Waals surface area contributed by atoms with Crippen LogP contribution in [-0.4, -0.2) is 19.4 Å². The van der Waals surface area contributed by atoms with Gasteiger partial charge in [0.25, 0.3) is 0 Å². The predicted molar refractivity (Wildman–Crippen MR) is 67.9 cm³/mol. The zero-order valence-electron chi connectivity index (χ0n) is 8.82. The van der Waals surface area contributed by atoms with Gasteiger partial charge in [0.05, 0.1) is 10.8 Å². The van der Waals surface area contributed by atoms with Gasteiger partial charge in [0.1, 0.15) is 0 Å². The van der Waals surface area contributed by atoms with E-state index in [0.29, 0.717) is 0 Å². The molecule has 1 aromatic heterocycles. The van der Waals surface area contributed by atoms with E-state index in [-0.39, 0.29) is 0 Å². The van der Waals surface area contributed by atoms with Gasteiger partial charge in [-0.05, 0) is 40.7 Å². The predicted octanol–water partition coefficient (Wildman–Crippen LogP) is 2.33. The summed E-state index contributed by atoms with van der Waals surface area (Å²) in [6.45, 7) is 3.30. The Morgan fingerprint density at radius 3 is 2.33 bits per heavy atom. The lowest BCUT2D eigenvalue weighted by Crippen LogP contribution is -2.42. The number of hydrogen-bond donors (Lipinski definition) is 1. The Bertz CT molecular complexity index is 450. The van der Waals surface area contributed by atoms with Crippen molar-refractivity contribution in [1.82, 2.24) is 0 Å². The smallest absolute Gasteiger partial charge is 0.154 e. The first kappa shape index (κ1) is 13.2. The minimum absolute atomic E-state index is 0.520. The van der Waals surface area contributed by atoms with Gasteiger partial charge in [-0.1, -0.05) is 0 Å². The number of thiophene rings is 1. The fraction of sp³-hybridized carbons (Fsp3) is 0.556. The molecule has 2 N–H and O–H groups in total. The van der Waals surface area contributed by atoms with Gasteiger partial charge >= 0.3 is 0 Å². The molecule has 3 nitrogen and oxygen atoms in total. The molecule has 0 amide bonds. The van der Waals surface area contributed by atoms with Crippen LogP contribution in [0.4, 0.5) is 0 Å². The highest BCUT2D eigenvalue weighted by molar-refractivity contribution is 9.10. The Kier molecular flexibility index (Phi) is 3.65. The Balaban J connectivity index is 3.16. The minimum atomic E-state index is -3.19. The molecule has 0 aliphatic heterocycles. The molecule has 1 aromatic rings. The van der Waals surface area contributed by atoms with Crippen molar-refractivity contribution in [2.45, 2.75) is 24.6 Å². The summed E-state index contributed by atoms with van der Waals surface area (Å²) in [5.41, 5.74) is 6.84. The molecule has 0 aliphatic rings. The van der Waals surface area contributed by atoms with E-state index in [9.17, 15) is 8.42 Å². The first-order valence-corrected chi connectivity index (χ1v) is 7.97. The van der Waals surface area contributed by atoms with Crippen LogP contribution < -0.4 is 5.73 Å². The lowest BCUT2D eigenvalue weighted by atomic mass is 9.99. The summed E-state index contributed by atoms with van der Waals surface area (Å²) in [7, 11) is -3.19.